The van der Waals surface area contributed by atoms with E-state index in [0.29, 0.717) is 17.2 Å². The number of hydrogen-bond acceptors (Lipinski definition) is 4. The van der Waals surface area contributed by atoms with Crippen LogP contribution in [0, 0.1) is 0 Å². The smallest absolute Gasteiger partial charge is 0.253 e. The van der Waals surface area contributed by atoms with Crippen molar-refractivity contribution < 1.29 is 14.7 Å². The molecule has 4 nitrogen and oxygen atoms in total. The number of carbonyl (C=O) groups excluding carboxylic acids is 2. The van der Waals surface area contributed by atoms with Crippen LogP contribution in [0.25, 0.3) is 0 Å². The topological polar surface area (TPSA) is 69.2 Å². The molecule has 1 rings (SSSR count). The summed E-state index contributed by atoms with van der Waals surface area (Å²) >= 11 is 13.1. The highest BCUT2D eigenvalue weighted by Crippen LogP contribution is 2.21. The molecule has 1 atom stereocenters. The van der Waals surface area contributed by atoms with E-state index in [1.165, 1.54) is 30.0 Å². The molecule has 19 heavy (non-hydrogen) atoms. The van der Waals surface area contributed by atoms with Crippen molar-refractivity contribution in [2.45, 2.75) is 12.5 Å². The van der Waals surface area contributed by atoms with Crippen molar-refractivity contribution in [1.82, 2.24) is 5.32 Å². The number of amides is 1. The lowest BCUT2D eigenvalue weighted by Gasteiger charge is -2.19. The Morgan fingerprint density at radius 1 is 1.42 bits per heavy atom. The Balaban J connectivity index is 2.78. The highest BCUT2D eigenvalue weighted by molar-refractivity contribution is 7.98. The van der Waals surface area contributed by atoms with E-state index in [1.807, 2.05) is 6.26 Å². The Morgan fingerprint density at radius 2 is 2.11 bits per heavy atom. The number of carboxylic acid groups (broad SMARTS) is 1. The number of halogens is 2. The number of thioether (sulfide) groups is 1. The zero-order valence-corrected chi connectivity index (χ0v) is 12.4. The van der Waals surface area contributed by atoms with Gasteiger partial charge < -0.3 is 15.2 Å². The van der Waals surface area contributed by atoms with Crippen LogP contribution >= 0.6 is 35.0 Å². The van der Waals surface area contributed by atoms with Crippen LogP contribution in [-0.4, -0.2) is 29.9 Å². The van der Waals surface area contributed by atoms with Crippen molar-refractivity contribution in [3.8, 4) is 0 Å². The van der Waals surface area contributed by atoms with Crippen LogP contribution in [0.1, 0.15) is 16.8 Å². The minimum absolute atomic E-state index is 0.173. The van der Waals surface area contributed by atoms with E-state index in [0.717, 1.165) is 0 Å². The first-order valence-corrected chi connectivity index (χ1v) is 7.56. The van der Waals surface area contributed by atoms with Crippen molar-refractivity contribution in [3.63, 3.8) is 0 Å². The van der Waals surface area contributed by atoms with Crippen LogP contribution in [0.4, 0.5) is 0 Å². The van der Waals surface area contributed by atoms with Gasteiger partial charge in [0.05, 0.1) is 22.6 Å². The maximum absolute atomic E-state index is 11.9. The maximum Gasteiger partial charge on any atom is 0.253 e. The molecule has 0 aliphatic heterocycles. The van der Waals surface area contributed by atoms with Crippen molar-refractivity contribution in [2.24, 2.45) is 0 Å². The fourth-order valence-electron chi connectivity index (χ4n) is 1.39. The van der Waals surface area contributed by atoms with Crippen LogP contribution in [-0.2, 0) is 4.79 Å². The molecule has 1 aromatic rings. The molecule has 0 saturated heterocycles. The van der Waals surface area contributed by atoms with E-state index < -0.39 is 17.9 Å². The Kier molecular flexibility index (Phi) is 6.48. The molecule has 0 aliphatic rings. The third-order valence-electron chi connectivity index (χ3n) is 2.38. The van der Waals surface area contributed by atoms with E-state index in [-0.39, 0.29) is 10.6 Å². The number of nitrogens with one attached hydrogen (secondary N) is 1. The van der Waals surface area contributed by atoms with Crippen LogP contribution in [0.5, 0.6) is 0 Å². The Labute approximate surface area is 125 Å². The molecular weight excluding hydrogens is 309 g/mol. The van der Waals surface area contributed by atoms with Crippen molar-refractivity contribution >= 4 is 46.8 Å². The summed E-state index contributed by atoms with van der Waals surface area (Å²) in [5, 5.41) is 13.9. The summed E-state index contributed by atoms with van der Waals surface area (Å²) in [5.41, 5.74) is 0.182. The van der Waals surface area contributed by atoms with Crippen LogP contribution in [0.15, 0.2) is 18.2 Å². The van der Waals surface area contributed by atoms with E-state index >= 15 is 0 Å². The number of rotatable bonds is 6. The summed E-state index contributed by atoms with van der Waals surface area (Å²) in [4.78, 5) is 22.8. The first-order valence-electron chi connectivity index (χ1n) is 5.41. The number of benzene rings is 1. The molecule has 0 spiro atoms. The van der Waals surface area contributed by atoms with Crippen LogP contribution in [0.3, 0.4) is 0 Å². The van der Waals surface area contributed by atoms with Gasteiger partial charge in [-0.1, -0.05) is 23.2 Å². The summed E-state index contributed by atoms with van der Waals surface area (Å²) in [6.45, 7) is 0. The third kappa shape index (κ3) is 4.93. The molecule has 0 radical (unpaired) electrons. The molecule has 7 heteroatoms. The lowest BCUT2D eigenvalue weighted by atomic mass is 10.1. The molecule has 0 aliphatic carbocycles. The predicted molar refractivity (Wildman–Crippen MR) is 75.7 cm³/mol. The van der Waals surface area contributed by atoms with Crippen molar-refractivity contribution in [3.05, 3.63) is 33.8 Å². The average molecular weight is 321 g/mol. The predicted octanol–water partition coefficient (Wildman–Crippen LogP) is 1.59. The summed E-state index contributed by atoms with van der Waals surface area (Å²) in [7, 11) is 0. The summed E-state index contributed by atoms with van der Waals surface area (Å²) in [5.74, 6) is -1.27. The van der Waals surface area contributed by atoms with Crippen molar-refractivity contribution in [1.29, 1.82) is 0 Å². The van der Waals surface area contributed by atoms with Gasteiger partial charge in [0.1, 0.15) is 0 Å². The number of aliphatic carboxylic acids is 1. The van der Waals surface area contributed by atoms with Crippen molar-refractivity contribution in [2.75, 3.05) is 12.0 Å². The quantitative estimate of drug-likeness (QED) is 0.864. The van der Waals surface area contributed by atoms with E-state index in [2.05, 4.69) is 5.32 Å². The minimum Gasteiger partial charge on any atom is -0.548 e. The molecule has 0 aromatic heterocycles. The fraction of sp³-hybridized carbons (Fsp3) is 0.333. The minimum atomic E-state index is -1.31. The summed E-state index contributed by atoms with van der Waals surface area (Å²) in [6.07, 6.45) is 2.14. The number of hydrogen-bond donors (Lipinski definition) is 1. The van der Waals surface area contributed by atoms with Crippen LogP contribution in [0.2, 0.25) is 10.0 Å². The van der Waals surface area contributed by atoms with E-state index in [9.17, 15) is 14.7 Å². The SMILES string of the molecule is CSCC[C@H](NC(=O)c1ccc(Cl)cc1Cl)C(=O)[O-]. The highest BCUT2D eigenvalue weighted by Gasteiger charge is 2.16. The van der Waals surface area contributed by atoms with Crippen LogP contribution < -0.4 is 10.4 Å². The van der Waals surface area contributed by atoms with Gasteiger partial charge in [-0.3, -0.25) is 4.79 Å². The molecule has 104 valence electrons. The molecule has 0 fully saturated rings. The molecule has 0 bridgehead atoms. The van der Waals surface area contributed by atoms with E-state index in [4.69, 9.17) is 23.2 Å². The van der Waals surface area contributed by atoms with Gasteiger partial charge in [-0.25, -0.2) is 0 Å². The number of carboxylic acids is 1. The zero-order chi connectivity index (χ0) is 14.4. The first-order chi connectivity index (χ1) is 8.95. The Morgan fingerprint density at radius 3 is 2.63 bits per heavy atom. The van der Waals surface area contributed by atoms with Gasteiger partial charge in [-0.2, -0.15) is 11.8 Å². The lowest BCUT2D eigenvalue weighted by molar-refractivity contribution is -0.308. The number of carbonyl (C=O) groups is 2. The van der Waals surface area contributed by atoms with Gasteiger partial charge in [-0.05, 0) is 36.6 Å². The molecular formula is C12H12Cl2NO3S-. The fourth-order valence-corrected chi connectivity index (χ4v) is 2.36. The molecule has 1 N–H and O–H groups in total. The van der Waals surface area contributed by atoms with Gasteiger partial charge in [0.25, 0.3) is 5.91 Å². The summed E-state index contributed by atoms with van der Waals surface area (Å²) in [6, 6.07) is 3.35. The second kappa shape index (κ2) is 7.62. The third-order valence-corrected chi connectivity index (χ3v) is 3.57. The highest BCUT2D eigenvalue weighted by atomic mass is 35.5. The van der Waals surface area contributed by atoms with E-state index in [1.54, 1.807) is 0 Å². The second-order valence-electron chi connectivity index (χ2n) is 3.75. The second-order valence-corrected chi connectivity index (χ2v) is 5.58. The summed E-state index contributed by atoms with van der Waals surface area (Å²) < 4.78 is 0. The first kappa shape index (κ1) is 16.1. The van der Waals surface area contributed by atoms with Gasteiger partial charge in [0.15, 0.2) is 0 Å². The van der Waals surface area contributed by atoms with Gasteiger partial charge >= 0.3 is 0 Å². The maximum atomic E-state index is 11.9. The lowest BCUT2D eigenvalue weighted by Crippen LogP contribution is -2.48. The van der Waals surface area contributed by atoms with Gasteiger partial charge in [0, 0.05) is 5.02 Å². The molecule has 0 heterocycles. The Hall–Kier alpha value is -0.910. The zero-order valence-electron chi connectivity index (χ0n) is 10.1. The Bertz CT molecular complexity index is 482. The van der Waals surface area contributed by atoms with Gasteiger partial charge in [0.2, 0.25) is 0 Å². The average Bonchev–Trinajstić information content (AvgIpc) is 2.33. The standard InChI is InChI=1S/C12H13Cl2NO3S/c1-19-5-4-10(12(17)18)15-11(16)8-3-2-7(13)6-9(8)14/h2-3,6,10H,4-5H2,1H3,(H,15,16)(H,17,18)/p-1/t10-/m0/s1. The van der Waals surface area contributed by atoms with Gasteiger partial charge in [-0.15, -0.1) is 0 Å². The largest absolute Gasteiger partial charge is 0.548 e. The molecule has 1 amide bonds. The monoisotopic (exact) mass is 320 g/mol. The normalized spacial score (nSPS) is 11.9. The molecule has 1 aromatic carbocycles. The molecule has 0 saturated carbocycles. The molecule has 0 unspecified atom stereocenters.